The summed E-state index contributed by atoms with van der Waals surface area (Å²) in [6, 6.07) is 0. The van der Waals surface area contributed by atoms with Gasteiger partial charge in [-0.3, -0.25) is 24.0 Å². The van der Waals surface area contributed by atoms with Crippen molar-refractivity contribution in [3.05, 3.63) is 47.6 Å². The van der Waals surface area contributed by atoms with Crippen molar-refractivity contribution in [2.75, 3.05) is 80.7 Å². The van der Waals surface area contributed by atoms with E-state index >= 15 is 0 Å². The molecule has 68 heavy (non-hydrogen) atoms. The fourth-order valence-corrected chi connectivity index (χ4v) is 7.23. The van der Waals surface area contributed by atoms with Crippen molar-refractivity contribution in [1.29, 1.82) is 0 Å². The molecule has 2 heterocycles. The topological polar surface area (TPSA) is 183 Å². The van der Waals surface area contributed by atoms with Crippen LogP contribution in [0.5, 0.6) is 0 Å². The summed E-state index contributed by atoms with van der Waals surface area (Å²) in [5.74, 6) is -1.54. The van der Waals surface area contributed by atoms with E-state index in [1.165, 1.54) is 31.8 Å². The number of rotatable bonds is 32. The highest BCUT2D eigenvalue weighted by Crippen LogP contribution is 2.54. The minimum Gasteiger partial charge on any atom is -0.465 e. The summed E-state index contributed by atoms with van der Waals surface area (Å²) in [5.41, 5.74) is 2.54. The van der Waals surface area contributed by atoms with E-state index in [0.29, 0.717) is 78.0 Å². The normalized spacial score (nSPS) is 18.4. The number of hydrogen-bond donors (Lipinski definition) is 4. The summed E-state index contributed by atoms with van der Waals surface area (Å²) in [6.45, 7) is 21.0. The monoisotopic (exact) mass is 964 g/mol. The van der Waals surface area contributed by atoms with Crippen LogP contribution in [0, 0.1) is 0 Å². The maximum atomic E-state index is 11.9. The van der Waals surface area contributed by atoms with Crippen molar-refractivity contribution in [3.8, 4) is 0 Å². The van der Waals surface area contributed by atoms with Crippen LogP contribution in [0.4, 0.5) is 0 Å². The zero-order chi connectivity index (χ0) is 51.5. The smallest absolute Gasteiger partial charge is 0.309 e. The number of nitrogens with zero attached hydrogens (tertiary/aromatic N) is 1. The Bertz CT molecular complexity index is 1480. The fourth-order valence-electron chi connectivity index (χ4n) is 7.23. The zero-order valence-electron chi connectivity index (χ0n) is 44.7. The van der Waals surface area contributed by atoms with Crippen LogP contribution in [-0.2, 0) is 47.7 Å². The van der Waals surface area contributed by atoms with Crippen LogP contribution in [0.15, 0.2) is 47.6 Å². The lowest BCUT2D eigenvalue weighted by Gasteiger charge is -2.31. The molecule has 394 valence electrons. The minimum absolute atomic E-state index is 0.00577. The van der Waals surface area contributed by atoms with Crippen molar-refractivity contribution in [2.24, 2.45) is 0 Å². The number of methoxy groups -OCH3 is 1. The third-order valence-electron chi connectivity index (χ3n) is 11.1. The largest absolute Gasteiger partial charge is 0.465 e. The average molecular weight is 964 g/mol. The lowest BCUT2D eigenvalue weighted by atomic mass is 9.82. The predicted octanol–water partition coefficient (Wildman–Crippen LogP) is 8.43. The second kappa shape index (κ2) is 43.2. The first kappa shape index (κ1) is 66.2. The molecule has 2 aliphatic heterocycles. The van der Waals surface area contributed by atoms with Crippen molar-refractivity contribution < 1.29 is 47.7 Å². The Hall–Kier alpha value is -3.89. The molecule has 2 bridgehead atoms. The molecule has 0 spiro atoms. The summed E-state index contributed by atoms with van der Waals surface area (Å²) < 4.78 is 27.6. The lowest BCUT2D eigenvalue weighted by Crippen LogP contribution is -2.44. The van der Waals surface area contributed by atoms with E-state index in [4.69, 9.17) is 23.7 Å². The standard InChI is InChI=1S/C15H28N2O4.C15H27NO4.C14H24N2O2.C9H18/c1-13(8-12-21-15(19)7-10-17-3)5-4-11-20-14(18)6-9-16-2;1-4-5-7-14-8-9-15(20-14,12(11-14)18-3)19-13(17)6-10-16-2;1-4-7-11-16(14(18)9-6-3)12-10-15-13(17)8-5-2;1-4-6-8-9(3)7-5-2/h5,16-17H,4,6-12H2,1-3H3;12,16H,4-11H2,1-3H3;5-6,8-9H,4,7,10-12H2,1-3H3,(H,15,17);8H,4-7H2,1-3H3/b13-5-;;;9-8-. The number of allylic oxidation sites excluding steroid dienone is 4. The van der Waals surface area contributed by atoms with Crippen LogP contribution in [0.2, 0.25) is 0 Å². The van der Waals surface area contributed by atoms with Crippen LogP contribution < -0.4 is 21.3 Å². The first-order chi connectivity index (χ1) is 32.6. The molecule has 2 saturated heterocycles. The van der Waals surface area contributed by atoms with E-state index < -0.39 is 5.79 Å². The summed E-state index contributed by atoms with van der Waals surface area (Å²) in [5, 5.41) is 11.5. The number of hydrogen-bond acceptors (Lipinski definition) is 13. The van der Waals surface area contributed by atoms with Gasteiger partial charge in [0.05, 0.1) is 38.1 Å². The molecular formula is C53H97N5O10. The van der Waals surface area contributed by atoms with E-state index in [0.717, 1.165) is 63.5 Å². The van der Waals surface area contributed by atoms with Gasteiger partial charge in [-0.1, -0.05) is 95.2 Å². The second-order valence-electron chi connectivity index (χ2n) is 17.3. The third kappa shape index (κ3) is 32.8. The molecule has 0 radical (unpaired) electrons. The predicted molar refractivity (Wildman–Crippen MR) is 275 cm³/mol. The van der Waals surface area contributed by atoms with E-state index in [2.05, 4.69) is 62.0 Å². The minimum atomic E-state index is -0.840. The molecule has 0 aromatic heterocycles. The van der Waals surface area contributed by atoms with Crippen LogP contribution >= 0.6 is 0 Å². The molecule has 4 N–H and O–H groups in total. The van der Waals surface area contributed by atoms with E-state index in [1.807, 2.05) is 27.0 Å². The third-order valence-corrected chi connectivity index (χ3v) is 11.1. The first-order valence-electron chi connectivity index (χ1n) is 25.5. The lowest BCUT2D eigenvalue weighted by molar-refractivity contribution is -0.243. The Balaban J connectivity index is 0. The highest BCUT2D eigenvalue weighted by molar-refractivity contribution is 5.88. The van der Waals surface area contributed by atoms with Crippen LogP contribution in [0.3, 0.4) is 0 Å². The number of fused-ring (bicyclic) bond motifs is 2. The van der Waals surface area contributed by atoms with Gasteiger partial charge in [-0.2, -0.15) is 0 Å². The number of ether oxygens (including phenoxy) is 5. The summed E-state index contributed by atoms with van der Waals surface area (Å²) in [6.07, 6.45) is 26.2. The Morgan fingerprint density at radius 3 is 1.78 bits per heavy atom. The van der Waals surface area contributed by atoms with Crippen molar-refractivity contribution in [2.45, 2.75) is 182 Å². The highest BCUT2D eigenvalue weighted by atomic mass is 16.8. The zero-order valence-corrected chi connectivity index (χ0v) is 44.7. The number of amides is 2. The van der Waals surface area contributed by atoms with Gasteiger partial charge in [-0.25, -0.2) is 0 Å². The number of unbranched alkanes of at least 4 members (excludes halogenated alkanes) is 3. The highest BCUT2D eigenvalue weighted by Gasteiger charge is 2.64. The van der Waals surface area contributed by atoms with Crippen LogP contribution in [-0.4, -0.2) is 133 Å². The van der Waals surface area contributed by atoms with Gasteiger partial charge in [0, 0.05) is 65.6 Å². The molecule has 0 aliphatic carbocycles. The van der Waals surface area contributed by atoms with E-state index in [1.54, 1.807) is 56.8 Å². The maximum absolute atomic E-state index is 11.9. The molecule has 0 aromatic rings. The van der Waals surface area contributed by atoms with E-state index in [-0.39, 0.29) is 41.4 Å². The van der Waals surface area contributed by atoms with Crippen molar-refractivity contribution in [1.82, 2.24) is 26.2 Å². The van der Waals surface area contributed by atoms with Gasteiger partial charge in [0.2, 0.25) is 17.6 Å². The molecular weight excluding hydrogens is 867 g/mol. The molecule has 0 saturated carbocycles. The molecule has 2 rings (SSSR count). The second-order valence-corrected chi connectivity index (χ2v) is 17.3. The molecule has 3 unspecified atom stereocenters. The molecule has 2 aliphatic rings. The molecule has 15 nitrogen and oxygen atoms in total. The van der Waals surface area contributed by atoms with Gasteiger partial charge in [-0.05, 0) is 99.5 Å². The molecule has 2 amide bonds. The van der Waals surface area contributed by atoms with Gasteiger partial charge in [0.1, 0.15) is 6.10 Å². The summed E-state index contributed by atoms with van der Waals surface area (Å²) >= 11 is 0. The average Bonchev–Trinajstić information content (AvgIpc) is 3.84. The Morgan fingerprint density at radius 2 is 1.24 bits per heavy atom. The van der Waals surface area contributed by atoms with E-state index in [9.17, 15) is 24.0 Å². The molecule has 3 atom stereocenters. The SMILES string of the molecule is CC=CC(=O)NCCN(CCCC)C(=O)C=CC.CCC/C=C(/C)CCC.CCCCC12CCC(OC(=O)CCNC)(O1)C(OC)C2.CNCCC(=O)OCC/C=C(/C)CCOC(=O)CCNC. The quantitative estimate of drug-likeness (QED) is 0.0166. The summed E-state index contributed by atoms with van der Waals surface area (Å²) in [7, 11) is 7.09. The molecule has 0 aromatic carbocycles. The van der Waals surface area contributed by atoms with Gasteiger partial charge in [0.15, 0.2) is 0 Å². The van der Waals surface area contributed by atoms with Gasteiger partial charge in [-0.15, -0.1) is 0 Å². The van der Waals surface area contributed by atoms with Gasteiger partial charge >= 0.3 is 17.9 Å². The van der Waals surface area contributed by atoms with Crippen LogP contribution in [0.25, 0.3) is 0 Å². The van der Waals surface area contributed by atoms with Gasteiger partial charge < -0.3 is 49.9 Å². The molecule has 15 heteroatoms. The number of carbonyl (C=O) groups is 5. The van der Waals surface area contributed by atoms with Crippen molar-refractivity contribution in [3.63, 3.8) is 0 Å². The molecule has 2 fully saturated rings. The Labute approximate surface area is 412 Å². The van der Waals surface area contributed by atoms with Crippen LogP contribution in [0.1, 0.15) is 165 Å². The van der Waals surface area contributed by atoms with Gasteiger partial charge in [0.25, 0.3) is 0 Å². The fraction of sp³-hybridized carbons (Fsp3) is 0.755. The Morgan fingerprint density at radius 1 is 0.662 bits per heavy atom. The first-order valence-corrected chi connectivity index (χ1v) is 25.5. The number of nitrogens with one attached hydrogen (secondary N) is 4. The number of carbonyl (C=O) groups excluding carboxylic acids is 5. The van der Waals surface area contributed by atoms with Crippen molar-refractivity contribution >= 4 is 29.7 Å². The Kier molecular flexibility index (Phi) is 42.0. The number of esters is 3. The maximum Gasteiger partial charge on any atom is 0.309 e. The summed E-state index contributed by atoms with van der Waals surface area (Å²) in [4.78, 5) is 59.2.